The highest BCUT2D eigenvalue weighted by Crippen LogP contribution is 2.21. The minimum atomic E-state index is 0.686. The van der Waals surface area contributed by atoms with E-state index in [4.69, 9.17) is 5.26 Å². The largest absolute Gasteiger partial charge is 0.314 e. The van der Waals surface area contributed by atoms with E-state index in [9.17, 15) is 0 Å². The molecule has 3 heteroatoms. The summed E-state index contributed by atoms with van der Waals surface area (Å²) >= 11 is 0. The molecule has 1 saturated carbocycles. The van der Waals surface area contributed by atoms with Crippen molar-refractivity contribution in [3.8, 4) is 6.07 Å². The number of nitrogens with zero attached hydrogens (tertiary/aromatic N) is 2. The molecular formula is C12H21N3. The topological polar surface area (TPSA) is 39.1 Å². The lowest BCUT2D eigenvalue weighted by atomic mass is 9.96. The van der Waals surface area contributed by atoms with Crippen LogP contribution in [0.1, 0.15) is 32.1 Å². The first-order chi connectivity index (χ1) is 7.38. The van der Waals surface area contributed by atoms with E-state index < -0.39 is 0 Å². The Kier molecular flexibility index (Phi) is 3.99. The van der Waals surface area contributed by atoms with Crippen LogP contribution in [0.25, 0.3) is 0 Å². The first-order valence-electron chi connectivity index (χ1n) is 6.21. The SMILES string of the molecule is N#CCCN1CCC(CNC2CC2)CC1. The molecule has 0 amide bonds. The molecule has 84 valence electrons. The van der Waals surface area contributed by atoms with E-state index in [1.807, 2.05) is 0 Å². The van der Waals surface area contributed by atoms with Crippen LogP contribution in [-0.4, -0.2) is 37.1 Å². The van der Waals surface area contributed by atoms with Crippen LogP contribution in [0.2, 0.25) is 0 Å². The molecule has 2 fully saturated rings. The quantitative estimate of drug-likeness (QED) is 0.740. The molecule has 0 atom stereocenters. The first kappa shape index (κ1) is 10.9. The van der Waals surface area contributed by atoms with Gasteiger partial charge in [-0.15, -0.1) is 0 Å². The van der Waals surface area contributed by atoms with Gasteiger partial charge in [-0.05, 0) is 51.2 Å². The van der Waals surface area contributed by atoms with Gasteiger partial charge in [0.25, 0.3) is 0 Å². The van der Waals surface area contributed by atoms with E-state index in [0.29, 0.717) is 6.42 Å². The van der Waals surface area contributed by atoms with Crippen molar-refractivity contribution in [1.29, 1.82) is 5.26 Å². The third kappa shape index (κ3) is 3.81. The van der Waals surface area contributed by atoms with E-state index in [2.05, 4.69) is 16.3 Å². The molecule has 1 heterocycles. The van der Waals surface area contributed by atoms with Gasteiger partial charge >= 0.3 is 0 Å². The van der Waals surface area contributed by atoms with Crippen LogP contribution in [0.4, 0.5) is 0 Å². The maximum atomic E-state index is 8.51. The Morgan fingerprint density at radius 3 is 2.53 bits per heavy atom. The van der Waals surface area contributed by atoms with E-state index in [-0.39, 0.29) is 0 Å². The summed E-state index contributed by atoms with van der Waals surface area (Å²) in [6.45, 7) is 4.58. The zero-order chi connectivity index (χ0) is 10.5. The highest BCUT2D eigenvalue weighted by atomic mass is 15.1. The van der Waals surface area contributed by atoms with Gasteiger partial charge in [0.1, 0.15) is 0 Å². The summed E-state index contributed by atoms with van der Waals surface area (Å²) in [5, 5.41) is 12.1. The van der Waals surface area contributed by atoms with Crippen LogP contribution in [-0.2, 0) is 0 Å². The molecule has 15 heavy (non-hydrogen) atoms. The second kappa shape index (κ2) is 5.48. The van der Waals surface area contributed by atoms with E-state index in [1.165, 1.54) is 45.3 Å². The Morgan fingerprint density at radius 1 is 1.20 bits per heavy atom. The zero-order valence-electron chi connectivity index (χ0n) is 9.41. The Balaban J connectivity index is 1.56. The van der Waals surface area contributed by atoms with Gasteiger partial charge in [0.15, 0.2) is 0 Å². The molecule has 0 unspecified atom stereocenters. The van der Waals surface area contributed by atoms with Crippen molar-refractivity contribution in [2.24, 2.45) is 5.92 Å². The number of hydrogen-bond acceptors (Lipinski definition) is 3. The van der Waals surface area contributed by atoms with E-state index in [0.717, 1.165) is 18.5 Å². The van der Waals surface area contributed by atoms with Crippen molar-refractivity contribution in [3.63, 3.8) is 0 Å². The fourth-order valence-electron chi connectivity index (χ4n) is 2.24. The van der Waals surface area contributed by atoms with E-state index in [1.54, 1.807) is 0 Å². The average Bonchev–Trinajstić information content (AvgIpc) is 3.09. The first-order valence-corrected chi connectivity index (χ1v) is 6.21. The lowest BCUT2D eigenvalue weighted by Crippen LogP contribution is -2.38. The highest BCUT2D eigenvalue weighted by molar-refractivity contribution is 4.83. The van der Waals surface area contributed by atoms with Gasteiger partial charge in [-0.2, -0.15) is 5.26 Å². The number of piperidine rings is 1. The van der Waals surface area contributed by atoms with Gasteiger partial charge in [-0.25, -0.2) is 0 Å². The summed E-state index contributed by atoms with van der Waals surface area (Å²) in [6.07, 6.45) is 6.09. The lowest BCUT2D eigenvalue weighted by Gasteiger charge is -2.31. The van der Waals surface area contributed by atoms with Crippen LogP contribution in [0.5, 0.6) is 0 Å². The standard InChI is InChI=1S/C12H21N3/c13-6-1-7-15-8-4-11(5-9-15)10-14-12-2-3-12/h11-12,14H,1-5,7-10H2. The predicted octanol–water partition coefficient (Wildman–Crippen LogP) is 1.36. The van der Waals surface area contributed by atoms with Gasteiger partial charge in [-0.3, -0.25) is 0 Å². The molecule has 0 aromatic carbocycles. The lowest BCUT2D eigenvalue weighted by molar-refractivity contribution is 0.185. The van der Waals surface area contributed by atoms with Crippen LogP contribution in [0.3, 0.4) is 0 Å². The molecule has 0 radical (unpaired) electrons. The summed E-state index contributed by atoms with van der Waals surface area (Å²) < 4.78 is 0. The minimum absolute atomic E-state index is 0.686. The smallest absolute Gasteiger partial charge is 0.0635 e. The third-order valence-electron chi connectivity index (χ3n) is 3.52. The molecule has 0 aromatic rings. The highest BCUT2D eigenvalue weighted by Gasteiger charge is 2.23. The molecule has 1 aliphatic heterocycles. The van der Waals surface area contributed by atoms with Crippen molar-refractivity contribution >= 4 is 0 Å². The molecule has 2 rings (SSSR count). The van der Waals surface area contributed by atoms with Crippen LogP contribution in [0.15, 0.2) is 0 Å². The Labute approximate surface area is 92.4 Å². The summed E-state index contributed by atoms with van der Waals surface area (Å²) in [5.41, 5.74) is 0. The summed E-state index contributed by atoms with van der Waals surface area (Å²) in [6, 6.07) is 3.07. The van der Waals surface area contributed by atoms with Gasteiger partial charge in [0, 0.05) is 19.0 Å². The van der Waals surface area contributed by atoms with Crippen molar-refractivity contribution < 1.29 is 0 Å². The Bertz CT molecular complexity index is 222. The molecule has 0 spiro atoms. The molecule has 1 saturated heterocycles. The van der Waals surface area contributed by atoms with Crippen molar-refractivity contribution in [2.75, 3.05) is 26.2 Å². The number of nitriles is 1. The number of hydrogen-bond donors (Lipinski definition) is 1. The predicted molar refractivity (Wildman–Crippen MR) is 60.4 cm³/mol. The maximum Gasteiger partial charge on any atom is 0.0635 e. The van der Waals surface area contributed by atoms with E-state index >= 15 is 0 Å². The third-order valence-corrected chi connectivity index (χ3v) is 3.52. The molecule has 1 N–H and O–H groups in total. The van der Waals surface area contributed by atoms with Gasteiger partial charge in [0.2, 0.25) is 0 Å². The number of rotatable bonds is 5. The van der Waals surface area contributed by atoms with Gasteiger partial charge < -0.3 is 10.2 Å². The monoisotopic (exact) mass is 207 g/mol. The second-order valence-electron chi connectivity index (χ2n) is 4.88. The maximum absolute atomic E-state index is 8.51. The van der Waals surface area contributed by atoms with Crippen LogP contribution in [0, 0.1) is 17.2 Å². The molecular weight excluding hydrogens is 186 g/mol. The number of nitrogens with one attached hydrogen (secondary N) is 1. The van der Waals surface area contributed by atoms with Gasteiger partial charge in [0.05, 0.1) is 6.07 Å². The Hall–Kier alpha value is -0.590. The molecule has 0 aromatic heterocycles. The summed E-state index contributed by atoms with van der Waals surface area (Å²) in [4.78, 5) is 2.43. The second-order valence-corrected chi connectivity index (χ2v) is 4.88. The van der Waals surface area contributed by atoms with Crippen molar-refractivity contribution in [2.45, 2.75) is 38.1 Å². The summed E-state index contributed by atoms with van der Waals surface area (Å²) in [7, 11) is 0. The number of likely N-dealkylation sites (tertiary alicyclic amines) is 1. The van der Waals surface area contributed by atoms with Crippen molar-refractivity contribution in [3.05, 3.63) is 0 Å². The summed E-state index contributed by atoms with van der Waals surface area (Å²) in [5.74, 6) is 0.879. The van der Waals surface area contributed by atoms with Gasteiger partial charge in [-0.1, -0.05) is 0 Å². The Morgan fingerprint density at radius 2 is 1.93 bits per heavy atom. The molecule has 3 nitrogen and oxygen atoms in total. The molecule has 2 aliphatic rings. The fourth-order valence-corrected chi connectivity index (χ4v) is 2.24. The van der Waals surface area contributed by atoms with Crippen LogP contribution >= 0.6 is 0 Å². The molecule has 0 bridgehead atoms. The normalized spacial score (nSPS) is 23.9. The van der Waals surface area contributed by atoms with Crippen LogP contribution < -0.4 is 5.32 Å². The molecule has 1 aliphatic carbocycles. The minimum Gasteiger partial charge on any atom is -0.314 e. The fraction of sp³-hybridized carbons (Fsp3) is 0.917. The zero-order valence-corrected chi connectivity index (χ0v) is 9.41. The average molecular weight is 207 g/mol. The van der Waals surface area contributed by atoms with Crippen molar-refractivity contribution in [1.82, 2.24) is 10.2 Å².